The van der Waals surface area contributed by atoms with Crippen molar-refractivity contribution in [2.75, 3.05) is 17.2 Å². The van der Waals surface area contributed by atoms with Gasteiger partial charge in [-0.05, 0) is 48.7 Å². The first-order valence-corrected chi connectivity index (χ1v) is 11.7. The van der Waals surface area contributed by atoms with Crippen molar-refractivity contribution in [3.63, 3.8) is 0 Å². The highest BCUT2D eigenvalue weighted by Gasteiger charge is 2.35. The van der Waals surface area contributed by atoms with Gasteiger partial charge in [-0.25, -0.2) is 4.98 Å². The van der Waals surface area contributed by atoms with Gasteiger partial charge in [0, 0.05) is 17.6 Å². The van der Waals surface area contributed by atoms with Gasteiger partial charge in [-0.3, -0.25) is 0 Å². The molecule has 0 amide bonds. The number of aryl methyl sites for hydroxylation is 1. The molecule has 0 fully saturated rings. The Kier molecular flexibility index (Phi) is 9.13. The molecule has 1 heterocycles. The van der Waals surface area contributed by atoms with Crippen LogP contribution < -0.4 is 15.4 Å². The van der Waals surface area contributed by atoms with E-state index >= 15 is 0 Å². The zero-order valence-electron chi connectivity index (χ0n) is 19.6. The summed E-state index contributed by atoms with van der Waals surface area (Å²) in [6.07, 6.45) is 2.35. The van der Waals surface area contributed by atoms with Gasteiger partial charge >= 0.3 is 6.18 Å². The fraction of sp³-hybridized carbons (Fsp3) is 0.385. The van der Waals surface area contributed by atoms with Crippen LogP contribution in [0.1, 0.15) is 57.1 Å². The molecule has 3 aromatic rings. The van der Waals surface area contributed by atoms with Crippen molar-refractivity contribution in [1.82, 2.24) is 9.97 Å². The van der Waals surface area contributed by atoms with Crippen LogP contribution in [0, 0.1) is 0 Å². The molecule has 3 rings (SSSR count). The van der Waals surface area contributed by atoms with Crippen molar-refractivity contribution in [2.45, 2.75) is 58.5 Å². The maximum absolute atomic E-state index is 13.6. The van der Waals surface area contributed by atoms with Crippen molar-refractivity contribution in [2.24, 2.45) is 0 Å². The Hall–Kier alpha value is -3.29. The zero-order chi connectivity index (χ0) is 24.4. The minimum atomic E-state index is -4.59. The molecule has 5 nitrogen and oxygen atoms in total. The van der Waals surface area contributed by atoms with Gasteiger partial charge in [0.15, 0.2) is 0 Å². The molecule has 0 bridgehead atoms. The first-order valence-electron chi connectivity index (χ1n) is 11.7. The molecule has 0 aliphatic heterocycles. The van der Waals surface area contributed by atoms with Crippen LogP contribution >= 0.6 is 0 Å². The molecular weight excluding hydrogens is 441 g/mol. The number of hydrogen-bond donors (Lipinski definition) is 2. The second-order valence-corrected chi connectivity index (χ2v) is 8.04. The number of anilines is 4. The number of para-hydroxylation sites is 1. The van der Waals surface area contributed by atoms with Crippen LogP contribution in [-0.2, 0) is 12.6 Å². The van der Waals surface area contributed by atoms with E-state index in [-0.39, 0.29) is 11.8 Å². The van der Waals surface area contributed by atoms with Crippen molar-refractivity contribution < 1.29 is 17.9 Å². The van der Waals surface area contributed by atoms with Gasteiger partial charge in [0.1, 0.15) is 17.1 Å². The topological polar surface area (TPSA) is 59.1 Å². The predicted molar refractivity (Wildman–Crippen MR) is 130 cm³/mol. The summed E-state index contributed by atoms with van der Waals surface area (Å²) in [5.74, 6) is 0.516. The van der Waals surface area contributed by atoms with Crippen molar-refractivity contribution >= 4 is 23.1 Å². The van der Waals surface area contributed by atoms with Gasteiger partial charge in [-0.1, -0.05) is 57.7 Å². The fourth-order valence-corrected chi connectivity index (χ4v) is 3.48. The summed E-state index contributed by atoms with van der Waals surface area (Å²) in [7, 11) is 0. The van der Waals surface area contributed by atoms with Crippen LogP contribution in [0.3, 0.4) is 0 Å². The summed E-state index contributed by atoms with van der Waals surface area (Å²) in [6, 6.07) is 14.5. The Morgan fingerprint density at radius 2 is 1.65 bits per heavy atom. The summed E-state index contributed by atoms with van der Waals surface area (Å²) in [5, 5.41) is 5.85. The maximum Gasteiger partial charge on any atom is 0.421 e. The molecule has 34 heavy (non-hydrogen) atoms. The van der Waals surface area contributed by atoms with Gasteiger partial charge < -0.3 is 15.4 Å². The number of ether oxygens (including phenoxy) is 1. The average Bonchev–Trinajstić information content (AvgIpc) is 2.81. The number of hydrogen-bond acceptors (Lipinski definition) is 5. The van der Waals surface area contributed by atoms with Crippen molar-refractivity contribution in [1.29, 1.82) is 0 Å². The average molecular weight is 473 g/mol. The molecule has 1 aromatic heterocycles. The third-order valence-electron chi connectivity index (χ3n) is 5.26. The Balaban J connectivity index is 1.75. The van der Waals surface area contributed by atoms with E-state index < -0.39 is 11.7 Å². The smallest absolute Gasteiger partial charge is 0.421 e. The van der Waals surface area contributed by atoms with E-state index in [2.05, 4.69) is 27.5 Å². The molecule has 0 spiro atoms. The molecule has 0 saturated heterocycles. The van der Waals surface area contributed by atoms with Crippen LogP contribution in [0.25, 0.3) is 0 Å². The van der Waals surface area contributed by atoms with Gasteiger partial charge in [0.05, 0.1) is 6.61 Å². The second kappa shape index (κ2) is 12.3. The molecule has 0 saturated carbocycles. The lowest BCUT2D eigenvalue weighted by Crippen LogP contribution is -2.13. The number of nitrogens with one attached hydrogen (secondary N) is 2. The van der Waals surface area contributed by atoms with E-state index in [1.54, 1.807) is 24.3 Å². The standard InChI is InChI=1S/C26H31F3N4O/c1-3-5-6-9-17-34-21-15-13-20(14-16-21)31-25-30-18-22(26(27,28)29)24(33-25)32-23-12-8-7-11-19(23)10-4-2/h7-8,11-16,18H,3-6,9-10,17H2,1-2H3,(H2,30,31,32,33). The molecule has 182 valence electrons. The molecule has 8 heteroatoms. The van der Waals surface area contributed by atoms with Crippen LogP contribution in [0.5, 0.6) is 5.75 Å². The maximum atomic E-state index is 13.6. The van der Waals surface area contributed by atoms with Crippen LogP contribution in [0.4, 0.5) is 36.3 Å². The monoisotopic (exact) mass is 472 g/mol. The van der Waals surface area contributed by atoms with Crippen molar-refractivity contribution in [3.8, 4) is 5.75 Å². The molecule has 2 N–H and O–H groups in total. The second-order valence-electron chi connectivity index (χ2n) is 8.04. The first kappa shape index (κ1) is 25.3. The number of halogens is 3. The number of nitrogens with zero attached hydrogens (tertiary/aromatic N) is 2. The van der Waals surface area contributed by atoms with Gasteiger partial charge in [0.2, 0.25) is 5.95 Å². The molecule has 0 aliphatic rings. The van der Waals surface area contributed by atoms with Crippen molar-refractivity contribution in [3.05, 3.63) is 65.9 Å². The molecular formula is C26H31F3N4O. The molecule has 0 aliphatic carbocycles. The minimum Gasteiger partial charge on any atom is -0.494 e. The van der Waals surface area contributed by atoms with E-state index in [9.17, 15) is 13.2 Å². The highest BCUT2D eigenvalue weighted by atomic mass is 19.4. The van der Waals surface area contributed by atoms with Gasteiger partial charge in [-0.15, -0.1) is 0 Å². The van der Waals surface area contributed by atoms with E-state index in [1.807, 2.05) is 31.2 Å². The number of benzene rings is 2. The molecule has 2 aromatic carbocycles. The highest BCUT2D eigenvalue weighted by molar-refractivity contribution is 5.65. The number of alkyl halides is 3. The van der Waals surface area contributed by atoms with Crippen LogP contribution in [0.15, 0.2) is 54.7 Å². The van der Waals surface area contributed by atoms with Gasteiger partial charge in [-0.2, -0.15) is 18.2 Å². The summed E-state index contributed by atoms with van der Waals surface area (Å²) >= 11 is 0. The molecule has 0 atom stereocenters. The van der Waals surface area contributed by atoms with E-state index in [0.29, 0.717) is 18.0 Å². The largest absolute Gasteiger partial charge is 0.494 e. The number of rotatable bonds is 12. The fourth-order valence-electron chi connectivity index (χ4n) is 3.48. The quantitative estimate of drug-likeness (QED) is 0.262. The normalized spacial score (nSPS) is 11.3. The lowest BCUT2D eigenvalue weighted by Gasteiger charge is -2.17. The summed E-state index contributed by atoms with van der Waals surface area (Å²) in [6.45, 7) is 4.84. The van der Waals surface area contributed by atoms with Gasteiger partial charge in [0.25, 0.3) is 0 Å². The lowest BCUT2D eigenvalue weighted by molar-refractivity contribution is -0.137. The summed E-state index contributed by atoms with van der Waals surface area (Å²) < 4.78 is 46.6. The number of aromatic nitrogens is 2. The zero-order valence-corrected chi connectivity index (χ0v) is 19.6. The van der Waals surface area contributed by atoms with E-state index in [1.165, 1.54) is 12.8 Å². The first-order chi connectivity index (χ1) is 16.4. The van der Waals surface area contributed by atoms with E-state index in [4.69, 9.17) is 4.74 Å². The van der Waals surface area contributed by atoms with E-state index in [0.717, 1.165) is 43.2 Å². The van der Waals surface area contributed by atoms with Crippen LogP contribution in [-0.4, -0.2) is 16.6 Å². The predicted octanol–water partition coefficient (Wildman–Crippen LogP) is 7.89. The Morgan fingerprint density at radius 1 is 0.882 bits per heavy atom. The third-order valence-corrected chi connectivity index (χ3v) is 5.26. The Bertz CT molecular complexity index is 1040. The molecule has 0 radical (unpaired) electrons. The summed E-state index contributed by atoms with van der Waals surface area (Å²) in [5.41, 5.74) is 1.25. The minimum absolute atomic E-state index is 0.0664. The molecule has 0 unspecified atom stereocenters. The van der Waals surface area contributed by atoms with Crippen LogP contribution in [0.2, 0.25) is 0 Å². The number of unbranched alkanes of at least 4 members (excludes halogenated alkanes) is 3. The third kappa shape index (κ3) is 7.37. The lowest BCUT2D eigenvalue weighted by atomic mass is 10.1. The highest BCUT2D eigenvalue weighted by Crippen LogP contribution is 2.36. The SMILES string of the molecule is CCCCCCOc1ccc(Nc2ncc(C(F)(F)F)c(Nc3ccccc3CCC)n2)cc1. The summed E-state index contributed by atoms with van der Waals surface area (Å²) in [4.78, 5) is 8.04. The Morgan fingerprint density at radius 3 is 2.35 bits per heavy atom. The Labute approximate surface area is 198 Å².